The predicted octanol–water partition coefficient (Wildman–Crippen LogP) is 2.94. The summed E-state index contributed by atoms with van der Waals surface area (Å²) in [7, 11) is 3.13. The first kappa shape index (κ1) is 17.7. The summed E-state index contributed by atoms with van der Waals surface area (Å²) in [5.74, 6) is -0.165. The Balaban J connectivity index is 2.19. The summed E-state index contributed by atoms with van der Waals surface area (Å²) in [4.78, 5) is 27.6. The van der Waals surface area contributed by atoms with Crippen LogP contribution in [0.25, 0.3) is 11.3 Å². The largest absolute Gasteiger partial charge is 0.493 e. The number of benzene rings is 1. The lowest BCUT2D eigenvalue weighted by Gasteiger charge is -2.08. The molecule has 0 aliphatic heterocycles. The van der Waals surface area contributed by atoms with E-state index in [0.717, 1.165) is 16.1 Å². The van der Waals surface area contributed by atoms with E-state index in [2.05, 4.69) is 10.3 Å². The molecule has 1 aromatic carbocycles. The first-order chi connectivity index (χ1) is 11.4. The van der Waals surface area contributed by atoms with Crippen LogP contribution in [0.15, 0.2) is 18.2 Å². The number of carboxylic acids is 1. The molecule has 2 aromatic rings. The number of hydrogen-bond acceptors (Lipinski definition) is 6. The fourth-order valence-corrected chi connectivity index (χ4v) is 2.96. The minimum Gasteiger partial charge on any atom is -0.493 e. The molecule has 0 aliphatic rings. The van der Waals surface area contributed by atoms with Crippen LogP contribution in [0.1, 0.15) is 17.7 Å². The molecule has 0 fully saturated rings. The van der Waals surface area contributed by atoms with Gasteiger partial charge in [0.2, 0.25) is 5.91 Å². The van der Waals surface area contributed by atoms with Crippen molar-refractivity contribution in [2.24, 2.45) is 0 Å². The number of hydrogen-bond donors (Lipinski definition) is 2. The lowest BCUT2D eigenvalue weighted by molar-refractivity contribution is -0.138. The summed E-state index contributed by atoms with van der Waals surface area (Å²) in [5.41, 5.74) is 1.57. The highest BCUT2D eigenvalue weighted by Crippen LogP contribution is 2.35. The van der Waals surface area contributed by atoms with Gasteiger partial charge < -0.3 is 19.9 Å². The lowest BCUT2D eigenvalue weighted by Crippen LogP contribution is -2.12. The van der Waals surface area contributed by atoms with Gasteiger partial charge in [0.1, 0.15) is 0 Å². The molecule has 8 heteroatoms. The molecule has 0 spiro atoms. The van der Waals surface area contributed by atoms with Gasteiger partial charge in [0.25, 0.3) is 0 Å². The Morgan fingerprint density at radius 1 is 1.21 bits per heavy atom. The van der Waals surface area contributed by atoms with Crippen molar-refractivity contribution in [2.45, 2.75) is 19.8 Å². The van der Waals surface area contributed by atoms with Gasteiger partial charge in [0.15, 0.2) is 16.6 Å². The molecule has 0 aliphatic carbocycles. The van der Waals surface area contributed by atoms with Crippen molar-refractivity contribution in [3.8, 4) is 22.8 Å². The quantitative estimate of drug-likeness (QED) is 0.797. The van der Waals surface area contributed by atoms with Crippen molar-refractivity contribution < 1.29 is 24.2 Å². The minimum absolute atomic E-state index is 0.0837. The van der Waals surface area contributed by atoms with Crippen LogP contribution in [0.2, 0.25) is 0 Å². The maximum Gasteiger partial charge on any atom is 0.303 e. The predicted molar refractivity (Wildman–Crippen MR) is 90.9 cm³/mol. The van der Waals surface area contributed by atoms with E-state index >= 15 is 0 Å². The number of methoxy groups -OCH3 is 2. The first-order valence-electron chi connectivity index (χ1n) is 7.16. The van der Waals surface area contributed by atoms with Crippen LogP contribution in [0.4, 0.5) is 5.13 Å². The molecule has 24 heavy (non-hydrogen) atoms. The van der Waals surface area contributed by atoms with Crippen LogP contribution in [0, 0.1) is 6.92 Å². The molecule has 1 heterocycles. The number of aliphatic carboxylic acids is 1. The number of nitrogens with zero attached hydrogens (tertiary/aromatic N) is 1. The summed E-state index contributed by atoms with van der Waals surface area (Å²) in [6.45, 7) is 1.90. The Morgan fingerprint density at radius 2 is 1.92 bits per heavy atom. The highest BCUT2D eigenvalue weighted by molar-refractivity contribution is 7.16. The maximum absolute atomic E-state index is 11.7. The molecule has 0 atom stereocenters. The first-order valence-corrected chi connectivity index (χ1v) is 7.97. The summed E-state index contributed by atoms with van der Waals surface area (Å²) in [5, 5.41) is 11.7. The van der Waals surface area contributed by atoms with E-state index in [-0.39, 0.29) is 18.7 Å². The number of amides is 1. The molecule has 2 rings (SSSR count). The number of ether oxygens (including phenoxy) is 2. The van der Waals surface area contributed by atoms with Gasteiger partial charge in [-0.05, 0) is 25.1 Å². The molecule has 0 radical (unpaired) electrons. The fourth-order valence-electron chi connectivity index (χ4n) is 2.10. The Bertz CT molecular complexity index is 757. The van der Waals surface area contributed by atoms with E-state index in [1.165, 1.54) is 11.3 Å². The second kappa shape index (κ2) is 7.78. The molecule has 128 valence electrons. The fraction of sp³-hybridized carbons (Fsp3) is 0.312. The zero-order valence-corrected chi connectivity index (χ0v) is 14.4. The minimum atomic E-state index is -1.01. The van der Waals surface area contributed by atoms with Crippen molar-refractivity contribution in [3.63, 3.8) is 0 Å². The summed E-state index contributed by atoms with van der Waals surface area (Å²) in [6, 6.07) is 5.47. The van der Waals surface area contributed by atoms with E-state index in [0.29, 0.717) is 16.6 Å². The Labute approximate surface area is 143 Å². The number of anilines is 1. The third kappa shape index (κ3) is 4.23. The van der Waals surface area contributed by atoms with Crippen molar-refractivity contribution in [2.75, 3.05) is 19.5 Å². The van der Waals surface area contributed by atoms with Crippen molar-refractivity contribution in [3.05, 3.63) is 23.1 Å². The monoisotopic (exact) mass is 350 g/mol. The van der Waals surface area contributed by atoms with Crippen molar-refractivity contribution >= 4 is 28.3 Å². The van der Waals surface area contributed by atoms with Crippen LogP contribution < -0.4 is 14.8 Å². The Kier molecular flexibility index (Phi) is 5.75. The molecule has 0 bridgehead atoms. The van der Waals surface area contributed by atoms with Crippen LogP contribution in [0.3, 0.4) is 0 Å². The third-order valence-corrected chi connectivity index (χ3v) is 4.15. The van der Waals surface area contributed by atoms with Gasteiger partial charge in [-0.2, -0.15) is 0 Å². The van der Waals surface area contributed by atoms with Gasteiger partial charge in [-0.1, -0.05) is 0 Å². The maximum atomic E-state index is 11.7. The standard InChI is InChI=1S/C16H18N2O5S/c1-9-15(10-4-5-11(22-2)12(8-10)23-3)18-16(24-9)17-13(19)6-7-14(20)21/h4-5,8H,6-7H2,1-3H3,(H,20,21)(H,17,18,19). The van der Waals surface area contributed by atoms with Gasteiger partial charge in [0.05, 0.1) is 26.3 Å². The van der Waals surface area contributed by atoms with E-state index in [1.54, 1.807) is 20.3 Å². The highest BCUT2D eigenvalue weighted by atomic mass is 32.1. The third-order valence-electron chi connectivity index (χ3n) is 3.27. The molecule has 0 unspecified atom stereocenters. The number of carbonyl (C=O) groups excluding carboxylic acids is 1. The van der Waals surface area contributed by atoms with Crippen LogP contribution in [0.5, 0.6) is 11.5 Å². The highest BCUT2D eigenvalue weighted by Gasteiger charge is 2.14. The summed E-state index contributed by atoms with van der Waals surface area (Å²) in [6.07, 6.45) is -0.293. The van der Waals surface area contributed by atoms with Gasteiger partial charge in [-0.25, -0.2) is 4.98 Å². The Morgan fingerprint density at radius 3 is 2.54 bits per heavy atom. The van der Waals surface area contributed by atoms with Gasteiger partial charge >= 0.3 is 5.97 Å². The van der Waals surface area contributed by atoms with E-state index in [4.69, 9.17) is 14.6 Å². The van der Waals surface area contributed by atoms with Crippen molar-refractivity contribution in [1.82, 2.24) is 4.98 Å². The number of aromatic nitrogens is 1. The number of nitrogens with one attached hydrogen (secondary N) is 1. The van der Waals surface area contributed by atoms with E-state index in [9.17, 15) is 9.59 Å². The van der Waals surface area contributed by atoms with Crippen LogP contribution >= 0.6 is 11.3 Å². The van der Waals surface area contributed by atoms with Crippen LogP contribution in [-0.4, -0.2) is 36.2 Å². The molecule has 2 N–H and O–H groups in total. The second-order valence-corrected chi connectivity index (χ2v) is 6.14. The summed E-state index contributed by atoms with van der Waals surface area (Å²) >= 11 is 1.33. The normalized spacial score (nSPS) is 10.3. The Hall–Kier alpha value is -2.61. The van der Waals surface area contributed by atoms with Gasteiger partial charge in [-0.15, -0.1) is 11.3 Å². The zero-order chi connectivity index (χ0) is 17.7. The molecule has 1 amide bonds. The average molecular weight is 350 g/mol. The second-order valence-electron chi connectivity index (χ2n) is 4.94. The lowest BCUT2D eigenvalue weighted by atomic mass is 10.1. The summed E-state index contributed by atoms with van der Waals surface area (Å²) < 4.78 is 10.5. The average Bonchev–Trinajstić information content (AvgIpc) is 2.92. The number of rotatable bonds is 7. The number of carboxylic acid groups (broad SMARTS) is 1. The number of aryl methyl sites for hydroxylation is 1. The van der Waals surface area contributed by atoms with Gasteiger partial charge in [0, 0.05) is 16.9 Å². The SMILES string of the molecule is COc1ccc(-c2nc(NC(=O)CCC(=O)O)sc2C)cc1OC. The topological polar surface area (TPSA) is 97.8 Å². The van der Waals surface area contributed by atoms with Gasteiger partial charge in [-0.3, -0.25) is 9.59 Å². The van der Waals surface area contributed by atoms with Crippen LogP contribution in [-0.2, 0) is 9.59 Å². The molecular formula is C16H18N2O5S. The molecule has 0 saturated carbocycles. The van der Waals surface area contributed by atoms with Crippen molar-refractivity contribution in [1.29, 1.82) is 0 Å². The molecule has 0 saturated heterocycles. The molecule has 7 nitrogen and oxygen atoms in total. The number of thiazole rings is 1. The smallest absolute Gasteiger partial charge is 0.303 e. The van der Waals surface area contributed by atoms with E-state index in [1.807, 2.05) is 19.1 Å². The zero-order valence-electron chi connectivity index (χ0n) is 13.6. The number of carbonyl (C=O) groups is 2. The molecule has 1 aromatic heterocycles. The molecular weight excluding hydrogens is 332 g/mol. The van der Waals surface area contributed by atoms with E-state index < -0.39 is 5.97 Å².